The van der Waals surface area contributed by atoms with E-state index in [1.165, 1.54) is 6.07 Å². The predicted molar refractivity (Wildman–Crippen MR) is 124 cm³/mol. The molecule has 35 heavy (non-hydrogen) atoms. The van der Waals surface area contributed by atoms with Crippen LogP contribution in [0.3, 0.4) is 0 Å². The highest BCUT2D eigenvalue weighted by Crippen LogP contribution is 2.40. The zero-order valence-corrected chi connectivity index (χ0v) is 19.5. The number of benzene rings is 2. The number of hydrogen-bond donors (Lipinski definition) is 1. The van der Waals surface area contributed by atoms with Gasteiger partial charge in [0.05, 0.1) is 13.7 Å². The largest absolute Gasteiger partial charge is 0.497 e. The van der Waals surface area contributed by atoms with Crippen molar-refractivity contribution in [2.24, 2.45) is 0 Å². The Labute approximate surface area is 202 Å². The van der Waals surface area contributed by atoms with Gasteiger partial charge in [-0.15, -0.1) is 0 Å². The topological polar surface area (TPSA) is 68.6 Å². The molecule has 7 nitrogen and oxygen atoms in total. The van der Waals surface area contributed by atoms with E-state index in [9.17, 15) is 13.6 Å². The highest BCUT2D eigenvalue weighted by Gasteiger charge is 2.47. The highest BCUT2D eigenvalue weighted by atomic mass is 19.2. The minimum atomic E-state index is -0.843. The van der Waals surface area contributed by atoms with Crippen molar-refractivity contribution in [1.29, 1.82) is 0 Å². The monoisotopic (exact) mass is 482 g/mol. The van der Waals surface area contributed by atoms with E-state index in [1.54, 1.807) is 19.4 Å². The fourth-order valence-corrected chi connectivity index (χ4v) is 4.89. The molecular formula is C26H28F2N4O3. The van der Waals surface area contributed by atoms with Crippen molar-refractivity contribution in [1.82, 2.24) is 19.8 Å². The van der Waals surface area contributed by atoms with Crippen LogP contribution in [0.1, 0.15) is 29.8 Å². The van der Waals surface area contributed by atoms with E-state index in [0.29, 0.717) is 45.6 Å². The second kappa shape index (κ2) is 9.75. The van der Waals surface area contributed by atoms with E-state index in [1.807, 2.05) is 35.0 Å². The average Bonchev–Trinajstić information content (AvgIpc) is 3.36. The molecule has 2 aliphatic rings. The van der Waals surface area contributed by atoms with Gasteiger partial charge in [0, 0.05) is 38.6 Å². The Morgan fingerprint density at radius 1 is 1.14 bits per heavy atom. The molecule has 9 heteroatoms. The summed E-state index contributed by atoms with van der Waals surface area (Å²) in [6.45, 7) is 2.70. The molecule has 1 atom stereocenters. The van der Waals surface area contributed by atoms with E-state index in [0.717, 1.165) is 28.8 Å². The maximum atomic E-state index is 13.6. The molecule has 1 spiro atoms. The first-order valence-electron chi connectivity index (χ1n) is 11.7. The van der Waals surface area contributed by atoms with Crippen LogP contribution in [-0.4, -0.2) is 46.7 Å². The number of ether oxygens (including phenoxy) is 2. The number of aromatic nitrogens is 2. The predicted octanol–water partition coefficient (Wildman–Crippen LogP) is 3.38. The van der Waals surface area contributed by atoms with Gasteiger partial charge in [0.25, 0.3) is 5.91 Å². The summed E-state index contributed by atoms with van der Waals surface area (Å²) in [5.74, 6) is -0.240. The fraction of sp³-hybridized carbons (Fsp3) is 0.385. The lowest BCUT2D eigenvalue weighted by atomic mass is 9.88. The smallest absolute Gasteiger partial charge is 0.251 e. The number of rotatable bonds is 6. The molecule has 1 saturated heterocycles. The number of hydrogen-bond acceptors (Lipinski definition) is 5. The third-order valence-corrected chi connectivity index (χ3v) is 6.83. The van der Waals surface area contributed by atoms with Crippen molar-refractivity contribution in [2.75, 3.05) is 20.2 Å². The first-order valence-corrected chi connectivity index (χ1v) is 11.7. The molecule has 5 rings (SSSR count). The molecule has 2 aliphatic heterocycles. The third kappa shape index (κ3) is 4.92. The van der Waals surface area contributed by atoms with E-state index in [-0.39, 0.29) is 5.91 Å². The second-order valence-corrected chi connectivity index (χ2v) is 9.09. The molecule has 0 aliphatic carbocycles. The molecule has 0 bridgehead atoms. The Bertz CT molecular complexity index is 1190. The fourth-order valence-electron chi connectivity index (χ4n) is 4.89. The molecule has 3 aromatic rings. The molecule has 1 amide bonds. The van der Waals surface area contributed by atoms with E-state index in [2.05, 4.69) is 15.2 Å². The zero-order chi connectivity index (χ0) is 24.4. The lowest BCUT2D eigenvalue weighted by Crippen LogP contribution is -2.53. The summed E-state index contributed by atoms with van der Waals surface area (Å²) in [5.41, 5.74) is 1.04. The van der Waals surface area contributed by atoms with Crippen LogP contribution in [0.4, 0.5) is 8.78 Å². The number of halogens is 2. The van der Waals surface area contributed by atoms with E-state index >= 15 is 0 Å². The summed E-state index contributed by atoms with van der Waals surface area (Å²) in [7, 11) is 1.62. The number of nitrogens with one attached hydrogen (secondary N) is 1. The molecule has 3 heterocycles. The number of likely N-dealkylation sites (tertiary alicyclic amines) is 1. The van der Waals surface area contributed by atoms with Crippen molar-refractivity contribution < 1.29 is 23.0 Å². The molecule has 2 aromatic carbocycles. The number of carbonyl (C=O) groups excluding carboxylic acids is 1. The van der Waals surface area contributed by atoms with Crippen LogP contribution >= 0.6 is 0 Å². The van der Waals surface area contributed by atoms with Gasteiger partial charge < -0.3 is 19.4 Å². The van der Waals surface area contributed by atoms with Gasteiger partial charge in [-0.05, 0) is 48.2 Å². The first kappa shape index (κ1) is 23.4. The Morgan fingerprint density at radius 3 is 2.60 bits per heavy atom. The van der Waals surface area contributed by atoms with Gasteiger partial charge in [0.15, 0.2) is 17.7 Å². The number of piperidine rings is 1. The molecule has 1 N–H and O–H groups in total. The van der Waals surface area contributed by atoms with Crippen molar-refractivity contribution in [2.45, 2.75) is 44.2 Å². The van der Waals surface area contributed by atoms with Gasteiger partial charge in [-0.1, -0.05) is 18.2 Å². The van der Waals surface area contributed by atoms with Crippen LogP contribution in [0, 0.1) is 11.6 Å². The molecular weight excluding hydrogens is 454 g/mol. The number of nitrogens with zero attached hydrogens (tertiary/aromatic N) is 3. The number of amides is 1. The van der Waals surface area contributed by atoms with Crippen LogP contribution in [0.25, 0.3) is 0 Å². The van der Waals surface area contributed by atoms with Crippen LogP contribution < -0.4 is 10.1 Å². The number of imidazole rings is 1. The van der Waals surface area contributed by atoms with Gasteiger partial charge in [0.1, 0.15) is 17.2 Å². The Balaban J connectivity index is 1.23. The Morgan fingerprint density at radius 2 is 1.89 bits per heavy atom. The standard InChI is InChI=1S/C26H28F2N4O3/c1-34-20-5-2-18(3-6-20)15-30-24(33)23-17-32-13-10-29-25(32)26(35-23)8-11-31(12-9-26)16-19-4-7-21(27)22(28)14-19/h2-7,10,13-14,23H,8-9,11-12,15-17H2,1H3,(H,30,33). The van der Waals surface area contributed by atoms with Crippen molar-refractivity contribution >= 4 is 5.91 Å². The Kier molecular flexibility index (Phi) is 6.53. The molecule has 0 radical (unpaired) electrons. The number of fused-ring (bicyclic) bond motifs is 2. The molecule has 1 unspecified atom stereocenters. The SMILES string of the molecule is COc1ccc(CNC(=O)C2Cn3ccnc3C3(CCN(Cc4ccc(F)c(F)c4)CC3)O2)cc1. The second-order valence-electron chi connectivity index (χ2n) is 9.09. The van der Waals surface area contributed by atoms with Crippen LogP contribution in [0.2, 0.25) is 0 Å². The van der Waals surface area contributed by atoms with Crippen molar-refractivity contribution in [3.63, 3.8) is 0 Å². The third-order valence-electron chi connectivity index (χ3n) is 6.83. The van der Waals surface area contributed by atoms with Gasteiger partial charge in [-0.3, -0.25) is 9.69 Å². The summed E-state index contributed by atoms with van der Waals surface area (Å²) < 4.78 is 40.5. The van der Waals surface area contributed by atoms with E-state index < -0.39 is 23.3 Å². The normalized spacial score (nSPS) is 19.3. The van der Waals surface area contributed by atoms with Gasteiger partial charge in [0.2, 0.25) is 0 Å². The summed E-state index contributed by atoms with van der Waals surface area (Å²) in [6.07, 6.45) is 4.29. The minimum Gasteiger partial charge on any atom is -0.497 e. The summed E-state index contributed by atoms with van der Waals surface area (Å²) in [6, 6.07) is 11.6. The molecule has 0 saturated carbocycles. The number of methoxy groups -OCH3 is 1. The first-order chi connectivity index (χ1) is 17.0. The van der Waals surface area contributed by atoms with Crippen LogP contribution in [-0.2, 0) is 34.8 Å². The zero-order valence-electron chi connectivity index (χ0n) is 19.5. The lowest BCUT2D eigenvalue weighted by molar-refractivity contribution is -0.174. The van der Waals surface area contributed by atoms with Gasteiger partial charge in [-0.2, -0.15) is 0 Å². The number of carbonyl (C=O) groups is 1. The summed E-state index contributed by atoms with van der Waals surface area (Å²) >= 11 is 0. The van der Waals surface area contributed by atoms with Crippen molar-refractivity contribution in [3.8, 4) is 5.75 Å². The maximum absolute atomic E-state index is 13.6. The average molecular weight is 483 g/mol. The van der Waals surface area contributed by atoms with Crippen molar-refractivity contribution in [3.05, 3.63) is 83.4 Å². The molecule has 1 aromatic heterocycles. The summed E-state index contributed by atoms with van der Waals surface area (Å²) in [4.78, 5) is 19.8. The Hall–Kier alpha value is -3.30. The van der Waals surface area contributed by atoms with Gasteiger partial charge in [-0.25, -0.2) is 13.8 Å². The maximum Gasteiger partial charge on any atom is 0.251 e. The quantitative estimate of drug-likeness (QED) is 0.584. The van der Waals surface area contributed by atoms with Crippen LogP contribution in [0.15, 0.2) is 54.9 Å². The highest BCUT2D eigenvalue weighted by molar-refractivity contribution is 5.81. The molecule has 1 fully saturated rings. The van der Waals surface area contributed by atoms with Gasteiger partial charge >= 0.3 is 0 Å². The molecule has 184 valence electrons. The van der Waals surface area contributed by atoms with Crippen LogP contribution in [0.5, 0.6) is 5.75 Å². The summed E-state index contributed by atoms with van der Waals surface area (Å²) in [5, 5.41) is 2.99. The minimum absolute atomic E-state index is 0.163. The lowest BCUT2D eigenvalue weighted by Gasteiger charge is -2.45. The van der Waals surface area contributed by atoms with E-state index in [4.69, 9.17) is 9.47 Å².